The predicted octanol–water partition coefficient (Wildman–Crippen LogP) is 10.6. The van der Waals surface area contributed by atoms with Crippen LogP contribution in [0.25, 0.3) is 43.4 Å². The Kier molecular flexibility index (Phi) is 7.76. The monoisotopic (exact) mass is 684 g/mol. The van der Waals surface area contributed by atoms with Crippen LogP contribution < -0.4 is 31.9 Å². The Morgan fingerprint density at radius 1 is 0.400 bits per heavy atom. The van der Waals surface area contributed by atoms with Crippen molar-refractivity contribution in [3.63, 3.8) is 0 Å². The third-order valence-corrected chi connectivity index (χ3v) is 15.4. The van der Waals surface area contributed by atoms with Crippen LogP contribution in [0.4, 0.5) is 22.7 Å². The highest BCUT2D eigenvalue weighted by atomic mass is 31.1. The predicted molar refractivity (Wildman–Crippen MR) is 221 cm³/mol. The van der Waals surface area contributed by atoms with Gasteiger partial charge in [0.2, 0.25) is 0 Å². The molecule has 0 bridgehead atoms. The minimum Gasteiger partial charge on any atom is -0.354 e. The first-order valence-corrected chi connectivity index (χ1v) is 20.2. The highest BCUT2D eigenvalue weighted by Crippen LogP contribution is 2.50. The maximum Gasteiger partial charge on any atom is 0.0723 e. The van der Waals surface area contributed by atoms with E-state index in [0.29, 0.717) is 11.3 Å². The summed E-state index contributed by atoms with van der Waals surface area (Å²) in [5, 5.41) is 20.9. The van der Waals surface area contributed by atoms with Gasteiger partial charge in [0.15, 0.2) is 0 Å². The van der Waals surface area contributed by atoms with E-state index in [9.17, 15) is 0 Å². The zero-order valence-electron chi connectivity index (χ0n) is 28.6. The molecule has 0 amide bonds. The minimum atomic E-state index is -0.836. The van der Waals surface area contributed by atoms with Gasteiger partial charge in [-0.25, -0.2) is 0 Å². The molecule has 0 radical (unpaired) electrons. The summed E-state index contributed by atoms with van der Waals surface area (Å²) in [5.74, 6) is 0. The van der Waals surface area contributed by atoms with Crippen molar-refractivity contribution in [2.24, 2.45) is 0 Å². The second-order valence-corrected chi connectivity index (χ2v) is 19.2. The van der Waals surface area contributed by atoms with Gasteiger partial charge in [-0.2, -0.15) is 0 Å². The van der Waals surface area contributed by atoms with Gasteiger partial charge in [-0.15, -0.1) is 0 Å². The molecule has 0 fully saturated rings. The highest BCUT2D eigenvalue weighted by molar-refractivity contribution is 7.74. The Morgan fingerprint density at radius 3 is 1.10 bits per heavy atom. The second kappa shape index (κ2) is 12.5. The molecule has 2 aromatic heterocycles. The molecule has 9 rings (SSSR count). The lowest BCUT2D eigenvalue weighted by Gasteiger charge is -2.33. The van der Waals surface area contributed by atoms with Gasteiger partial charge in [0, 0.05) is 67.1 Å². The summed E-state index contributed by atoms with van der Waals surface area (Å²) in [4.78, 5) is 9.66. The second-order valence-electron chi connectivity index (χ2n) is 13.7. The molecule has 0 aliphatic carbocycles. The van der Waals surface area contributed by atoms with Crippen molar-refractivity contribution in [2.75, 3.05) is 10.6 Å². The fourth-order valence-electron chi connectivity index (χ4n) is 7.53. The van der Waals surface area contributed by atoms with E-state index in [4.69, 9.17) is 9.97 Å². The van der Waals surface area contributed by atoms with Gasteiger partial charge in [-0.1, -0.05) is 88.4 Å². The van der Waals surface area contributed by atoms with Gasteiger partial charge < -0.3 is 10.6 Å². The van der Waals surface area contributed by atoms with E-state index < -0.39 is 15.8 Å². The molecule has 8 aromatic rings. The van der Waals surface area contributed by atoms with E-state index in [2.05, 4.69) is 148 Å². The van der Waals surface area contributed by atoms with Crippen molar-refractivity contribution in [2.45, 2.75) is 39.0 Å². The van der Waals surface area contributed by atoms with Gasteiger partial charge >= 0.3 is 0 Å². The molecule has 244 valence electrons. The lowest BCUT2D eigenvalue weighted by atomic mass is 10.1. The van der Waals surface area contributed by atoms with Crippen LogP contribution in [0.2, 0.25) is 0 Å². The summed E-state index contributed by atoms with van der Waals surface area (Å²) in [6.45, 7) is 9.49. The van der Waals surface area contributed by atoms with Crippen molar-refractivity contribution >= 4 is 103 Å². The minimum absolute atomic E-state index is 0.367. The van der Waals surface area contributed by atoms with Crippen LogP contribution in [-0.2, 0) is 0 Å². The number of fused-ring (bicyclic) bond motifs is 8. The van der Waals surface area contributed by atoms with Crippen LogP contribution >= 0.6 is 15.8 Å². The van der Waals surface area contributed by atoms with Crippen LogP contribution in [0.1, 0.15) is 27.7 Å². The molecule has 0 saturated heterocycles. The van der Waals surface area contributed by atoms with Crippen LogP contribution in [0.3, 0.4) is 0 Å². The highest BCUT2D eigenvalue weighted by Gasteiger charge is 2.30. The third kappa shape index (κ3) is 5.39. The van der Waals surface area contributed by atoms with Gasteiger partial charge in [0.05, 0.1) is 11.0 Å². The Morgan fingerprint density at radius 2 is 0.720 bits per heavy atom. The Hall–Kier alpha value is -4.88. The quantitative estimate of drug-likeness (QED) is 0.178. The average molecular weight is 685 g/mol. The summed E-state index contributed by atoms with van der Waals surface area (Å²) in [6.07, 6.45) is 3.79. The van der Waals surface area contributed by atoms with Crippen molar-refractivity contribution in [1.82, 2.24) is 9.97 Å². The number of nitrogens with one attached hydrogen (secondary N) is 2. The molecule has 4 nitrogen and oxygen atoms in total. The van der Waals surface area contributed by atoms with Gasteiger partial charge in [-0.3, -0.25) is 9.97 Å². The molecule has 6 aromatic carbocycles. The Balaban J connectivity index is 1.43. The van der Waals surface area contributed by atoms with Crippen LogP contribution in [0.15, 0.2) is 134 Å². The first-order valence-electron chi connectivity index (χ1n) is 17.4. The maximum atomic E-state index is 4.83. The lowest BCUT2D eigenvalue weighted by molar-refractivity contribution is 1.10. The fourth-order valence-corrected chi connectivity index (χ4v) is 12.9. The molecule has 2 unspecified atom stereocenters. The molecule has 2 N–H and O–H groups in total. The normalized spacial score (nSPS) is 15.9. The van der Waals surface area contributed by atoms with Crippen molar-refractivity contribution in [3.8, 4) is 0 Å². The first kappa shape index (κ1) is 31.1. The summed E-state index contributed by atoms with van der Waals surface area (Å²) < 4.78 is 0. The third-order valence-electron chi connectivity index (χ3n) is 9.78. The lowest BCUT2D eigenvalue weighted by Crippen LogP contribution is -2.27. The van der Waals surface area contributed by atoms with Crippen molar-refractivity contribution in [1.29, 1.82) is 0 Å². The largest absolute Gasteiger partial charge is 0.354 e. The number of benzene rings is 6. The number of pyridine rings is 2. The smallest absolute Gasteiger partial charge is 0.0723 e. The van der Waals surface area contributed by atoms with E-state index in [1.807, 2.05) is 24.5 Å². The topological polar surface area (TPSA) is 49.8 Å². The number of hydrogen-bond donors (Lipinski definition) is 2. The Bertz CT molecular complexity index is 2240. The molecule has 6 heteroatoms. The maximum absolute atomic E-state index is 4.83. The zero-order valence-corrected chi connectivity index (χ0v) is 30.4. The van der Waals surface area contributed by atoms with E-state index in [1.165, 1.54) is 54.1 Å². The number of hydrogen-bond acceptors (Lipinski definition) is 4. The van der Waals surface area contributed by atoms with Crippen LogP contribution in [-0.4, -0.2) is 21.3 Å². The van der Waals surface area contributed by atoms with Gasteiger partial charge in [0.1, 0.15) is 0 Å². The van der Waals surface area contributed by atoms with E-state index in [0.717, 1.165) is 33.2 Å². The molecule has 2 atom stereocenters. The summed E-state index contributed by atoms with van der Waals surface area (Å²) >= 11 is 0. The fraction of sp³-hybridized carbons (Fsp3) is 0.136. The van der Waals surface area contributed by atoms with Crippen molar-refractivity contribution in [3.05, 3.63) is 134 Å². The first-order chi connectivity index (χ1) is 24.4. The molecule has 0 saturated carbocycles. The van der Waals surface area contributed by atoms with E-state index in [1.54, 1.807) is 0 Å². The molecular weight excluding hydrogens is 646 g/mol. The van der Waals surface area contributed by atoms with E-state index in [-0.39, 0.29) is 0 Å². The van der Waals surface area contributed by atoms with Gasteiger partial charge in [-0.05, 0) is 109 Å². The summed E-state index contributed by atoms with van der Waals surface area (Å²) in [6, 6.07) is 45.0. The molecule has 1 aliphatic heterocycles. The molecular formula is C44H38N4P2. The number of nitrogens with zero attached hydrogens (tertiary/aromatic N) is 2. The SMILES string of the molecule is CC(C)P1c2cc3ccccc3cc2Nc2cc3ccccc3cc2P(C(C)C)c2cc3cccnc3cc2Nc2cc3ncccc3cc21. The molecule has 0 spiro atoms. The summed E-state index contributed by atoms with van der Waals surface area (Å²) in [5.41, 5.74) is 7.31. The molecule has 3 heterocycles. The van der Waals surface area contributed by atoms with Crippen molar-refractivity contribution < 1.29 is 0 Å². The average Bonchev–Trinajstić information content (AvgIpc) is 3.11. The Labute approximate surface area is 295 Å². The van der Waals surface area contributed by atoms with Crippen LogP contribution in [0, 0.1) is 0 Å². The van der Waals surface area contributed by atoms with Crippen LogP contribution in [0.5, 0.6) is 0 Å². The number of aromatic nitrogens is 2. The number of rotatable bonds is 2. The molecule has 1 aliphatic rings. The summed E-state index contributed by atoms with van der Waals surface area (Å²) in [7, 11) is -1.67. The number of anilines is 4. The standard InChI is InChI=1S/C44H38N4P2/c1-27(2)49-41-21-31-13-7-5-11-29(31)19-37(41)47-38-20-30-12-6-8-14-32(30)22-42(38)50(28(3)4)44-24-34-16-10-18-46-36(34)26-40(44)48-39-25-35-33(23-43(39)49)15-9-17-45-35/h5-28,47-48H,1-4H3. The van der Waals surface area contributed by atoms with E-state index >= 15 is 0 Å². The van der Waals surface area contributed by atoms with Gasteiger partial charge in [0.25, 0.3) is 0 Å². The molecule has 50 heavy (non-hydrogen) atoms. The zero-order chi connectivity index (χ0) is 33.9.